The summed E-state index contributed by atoms with van der Waals surface area (Å²) in [5.41, 5.74) is -0.316. The number of nitro benzene ring substituents is 1. The molecule has 112 valence electrons. The van der Waals surface area contributed by atoms with Gasteiger partial charge in [0.2, 0.25) is 0 Å². The first-order valence-corrected chi connectivity index (χ1v) is 6.67. The summed E-state index contributed by atoms with van der Waals surface area (Å²) in [5.74, 6) is 0.343. The van der Waals surface area contributed by atoms with Crippen LogP contribution in [-0.2, 0) is 0 Å². The summed E-state index contributed by atoms with van der Waals surface area (Å²) in [4.78, 5) is 21.0. The number of nitriles is 1. The molecule has 6 nitrogen and oxygen atoms in total. The van der Waals surface area contributed by atoms with Gasteiger partial charge in [0.1, 0.15) is 5.75 Å². The maximum absolute atomic E-state index is 10.9. The van der Waals surface area contributed by atoms with Crippen LogP contribution in [0.2, 0.25) is 0 Å². The van der Waals surface area contributed by atoms with E-state index in [0.29, 0.717) is 18.6 Å². The van der Waals surface area contributed by atoms with Gasteiger partial charge in [0.15, 0.2) is 6.29 Å². The maximum Gasteiger partial charge on any atom is 0.270 e. The summed E-state index contributed by atoms with van der Waals surface area (Å²) in [6.45, 7) is 4.17. The third kappa shape index (κ3) is 5.22. The number of hydrogen-bond donors (Lipinski definition) is 0. The van der Waals surface area contributed by atoms with Crippen LogP contribution < -0.4 is 4.74 Å². The second-order valence-corrected chi connectivity index (χ2v) is 5.40. The van der Waals surface area contributed by atoms with Gasteiger partial charge in [-0.3, -0.25) is 14.9 Å². The highest BCUT2D eigenvalue weighted by atomic mass is 16.6. The third-order valence-electron chi connectivity index (χ3n) is 3.09. The Bertz CT molecular complexity index is 561. The number of ether oxygens (including phenoxy) is 1. The number of nitrogens with zero attached hydrogens (tertiary/aromatic N) is 2. The van der Waals surface area contributed by atoms with E-state index in [2.05, 4.69) is 6.07 Å². The molecule has 0 atom stereocenters. The molecule has 0 saturated carbocycles. The summed E-state index contributed by atoms with van der Waals surface area (Å²) in [5, 5.41) is 19.5. The molecule has 0 N–H and O–H groups in total. The highest BCUT2D eigenvalue weighted by Crippen LogP contribution is 2.24. The van der Waals surface area contributed by atoms with Gasteiger partial charge in [-0.25, -0.2) is 0 Å². The fourth-order valence-electron chi connectivity index (χ4n) is 1.78. The number of nitro groups is 1. The van der Waals surface area contributed by atoms with Gasteiger partial charge in [-0.15, -0.1) is 0 Å². The van der Waals surface area contributed by atoms with Crippen molar-refractivity contribution in [3.8, 4) is 11.8 Å². The van der Waals surface area contributed by atoms with E-state index in [1.807, 2.05) is 13.8 Å². The van der Waals surface area contributed by atoms with Gasteiger partial charge in [0.25, 0.3) is 5.69 Å². The zero-order valence-electron chi connectivity index (χ0n) is 12.2. The molecule has 0 bridgehead atoms. The molecule has 0 saturated heterocycles. The van der Waals surface area contributed by atoms with Gasteiger partial charge >= 0.3 is 0 Å². The molecule has 0 radical (unpaired) electrons. The van der Waals surface area contributed by atoms with Crippen LogP contribution in [-0.4, -0.2) is 17.8 Å². The van der Waals surface area contributed by atoms with Crippen molar-refractivity contribution in [2.75, 3.05) is 6.61 Å². The molecule has 0 aromatic heterocycles. The number of hydrogen-bond acceptors (Lipinski definition) is 5. The Morgan fingerprint density at radius 3 is 2.71 bits per heavy atom. The van der Waals surface area contributed by atoms with E-state index in [9.17, 15) is 14.9 Å². The lowest BCUT2D eigenvalue weighted by Crippen LogP contribution is -2.08. The SMILES string of the molecule is CC(C)(C#N)CCCCOc1ccc([N+](=O)[O-])cc1C=O. The lowest BCUT2D eigenvalue weighted by Gasteiger charge is -2.14. The topological polar surface area (TPSA) is 93.2 Å². The molecule has 1 aromatic carbocycles. The summed E-state index contributed by atoms with van der Waals surface area (Å²) >= 11 is 0. The van der Waals surface area contributed by atoms with Crippen molar-refractivity contribution >= 4 is 12.0 Å². The summed E-state index contributed by atoms with van der Waals surface area (Å²) in [7, 11) is 0. The number of unbranched alkanes of at least 4 members (excludes halogenated alkanes) is 1. The molecule has 0 spiro atoms. The zero-order valence-corrected chi connectivity index (χ0v) is 12.2. The second-order valence-electron chi connectivity index (χ2n) is 5.40. The van der Waals surface area contributed by atoms with Crippen LogP contribution in [0.25, 0.3) is 0 Å². The molecule has 0 unspecified atom stereocenters. The van der Waals surface area contributed by atoms with Crippen molar-refractivity contribution in [3.63, 3.8) is 0 Å². The first-order chi connectivity index (χ1) is 9.89. The van der Waals surface area contributed by atoms with Crippen molar-refractivity contribution in [1.29, 1.82) is 5.26 Å². The van der Waals surface area contributed by atoms with Crippen molar-refractivity contribution in [2.24, 2.45) is 5.41 Å². The molecule has 0 aliphatic carbocycles. The van der Waals surface area contributed by atoms with Gasteiger partial charge in [-0.05, 0) is 39.2 Å². The van der Waals surface area contributed by atoms with Crippen LogP contribution in [0.4, 0.5) is 5.69 Å². The molecule has 0 heterocycles. The lowest BCUT2D eigenvalue weighted by molar-refractivity contribution is -0.384. The van der Waals surface area contributed by atoms with Gasteiger partial charge in [-0.2, -0.15) is 5.26 Å². The number of rotatable bonds is 8. The minimum Gasteiger partial charge on any atom is -0.493 e. The molecular formula is C15H18N2O4. The predicted octanol–water partition coefficient (Wildman–Crippen LogP) is 3.51. The first-order valence-electron chi connectivity index (χ1n) is 6.67. The average molecular weight is 290 g/mol. The Kier molecular flexibility index (Phi) is 5.85. The Morgan fingerprint density at radius 2 is 2.14 bits per heavy atom. The minimum absolute atomic E-state index is 0.139. The molecule has 1 rings (SSSR count). The van der Waals surface area contributed by atoms with Crippen molar-refractivity contribution < 1.29 is 14.5 Å². The van der Waals surface area contributed by atoms with Crippen LogP contribution >= 0.6 is 0 Å². The van der Waals surface area contributed by atoms with E-state index in [0.717, 1.165) is 19.3 Å². The van der Waals surface area contributed by atoms with E-state index in [4.69, 9.17) is 10.00 Å². The maximum atomic E-state index is 10.9. The number of carbonyl (C=O) groups excluding carboxylic acids is 1. The number of aldehydes is 1. The van der Waals surface area contributed by atoms with Gasteiger partial charge in [-0.1, -0.05) is 0 Å². The van der Waals surface area contributed by atoms with Crippen LogP contribution in [0, 0.1) is 26.9 Å². The van der Waals surface area contributed by atoms with Crippen LogP contribution in [0.5, 0.6) is 5.75 Å². The highest BCUT2D eigenvalue weighted by molar-refractivity contribution is 5.80. The van der Waals surface area contributed by atoms with Crippen LogP contribution in [0.1, 0.15) is 43.5 Å². The lowest BCUT2D eigenvalue weighted by atomic mass is 9.89. The number of non-ortho nitro benzene ring substituents is 1. The van der Waals surface area contributed by atoms with Crippen molar-refractivity contribution in [2.45, 2.75) is 33.1 Å². The Balaban J connectivity index is 2.51. The largest absolute Gasteiger partial charge is 0.493 e. The van der Waals surface area contributed by atoms with Crippen molar-refractivity contribution in [1.82, 2.24) is 0 Å². The fraction of sp³-hybridized carbons (Fsp3) is 0.467. The smallest absolute Gasteiger partial charge is 0.270 e. The van der Waals surface area contributed by atoms with Gasteiger partial charge in [0, 0.05) is 12.1 Å². The van der Waals surface area contributed by atoms with Crippen molar-refractivity contribution in [3.05, 3.63) is 33.9 Å². The highest BCUT2D eigenvalue weighted by Gasteiger charge is 2.15. The zero-order chi connectivity index (χ0) is 15.9. The van der Waals surface area contributed by atoms with Crippen LogP contribution in [0.15, 0.2) is 18.2 Å². The molecular weight excluding hydrogens is 272 g/mol. The second kappa shape index (κ2) is 7.39. The Hall–Kier alpha value is -2.42. The molecule has 0 fully saturated rings. The molecule has 1 aromatic rings. The average Bonchev–Trinajstić information content (AvgIpc) is 2.46. The monoisotopic (exact) mass is 290 g/mol. The third-order valence-corrected chi connectivity index (χ3v) is 3.09. The Labute approximate surface area is 123 Å². The standard InChI is InChI=1S/C15H18N2O4/c1-15(2,11-16)7-3-4-8-21-14-6-5-13(17(19)20)9-12(14)10-18/h5-6,9-10H,3-4,7-8H2,1-2H3. The van der Waals surface area contributed by atoms with Gasteiger partial charge in [0.05, 0.1) is 28.6 Å². The molecule has 0 aliphatic heterocycles. The van der Waals surface area contributed by atoms with E-state index in [1.54, 1.807) is 0 Å². The normalized spacial score (nSPS) is 10.7. The number of carbonyl (C=O) groups is 1. The van der Waals surface area contributed by atoms with Crippen LogP contribution in [0.3, 0.4) is 0 Å². The van der Waals surface area contributed by atoms with Gasteiger partial charge < -0.3 is 4.74 Å². The predicted molar refractivity (Wildman–Crippen MR) is 77.2 cm³/mol. The van der Waals surface area contributed by atoms with E-state index in [1.165, 1.54) is 18.2 Å². The van der Waals surface area contributed by atoms with E-state index < -0.39 is 4.92 Å². The van der Waals surface area contributed by atoms with E-state index >= 15 is 0 Å². The summed E-state index contributed by atoms with van der Waals surface area (Å²) < 4.78 is 5.47. The molecule has 21 heavy (non-hydrogen) atoms. The molecule has 0 amide bonds. The summed E-state index contributed by atoms with van der Waals surface area (Å²) in [6.07, 6.45) is 2.90. The molecule has 0 aliphatic rings. The Morgan fingerprint density at radius 1 is 1.43 bits per heavy atom. The van der Waals surface area contributed by atoms with E-state index in [-0.39, 0.29) is 16.7 Å². The number of benzene rings is 1. The first kappa shape index (κ1) is 16.6. The minimum atomic E-state index is -0.555. The molecule has 6 heteroatoms. The summed E-state index contributed by atoms with van der Waals surface area (Å²) in [6, 6.07) is 6.17. The quantitative estimate of drug-likeness (QED) is 0.316. The fourth-order valence-corrected chi connectivity index (χ4v) is 1.78.